The van der Waals surface area contributed by atoms with Gasteiger partial charge in [0.05, 0.1) is 22.4 Å². The second-order valence-corrected chi connectivity index (χ2v) is 29.8. The Morgan fingerprint density at radius 1 is 0.272 bits per heavy atom. The highest BCUT2D eigenvalue weighted by atomic mass is 15.2. The zero-order chi connectivity index (χ0) is 63.6. The van der Waals surface area contributed by atoms with Crippen LogP contribution < -0.4 is 26.2 Å². The Kier molecular flexibility index (Phi) is 13.9. The second kappa shape index (κ2) is 21.9. The van der Waals surface area contributed by atoms with Gasteiger partial charge in [-0.15, -0.1) is 0 Å². The molecule has 3 heterocycles. The predicted octanol–water partition coefficient (Wildman–Crippen LogP) is 22.4. The van der Waals surface area contributed by atoms with Gasteiger partial charge in [0, 0.05) is 61.5 Å². The van der Waals surface area contributed by atoms with E-state index in [1.807, 2.05) is 0 Å². The first kappa shape index (κ1) is 58.5. The van der Waals surface area contributed by atoms with Crippen LogP contribution in [-0.4, -0.2) is 11.3 Å². The fraction of sp³-hybridized carbons (Fsp3) is 0.182. The lowest BCUT2D eigenvalue weighted by Gasteiger charge is -2.47. The van der Waals surface area contributed by atoms with Crippen LogP contribution in [0.3, 0.4) is 0 Å². The maximum absolute atomic E-state index is 2.75. The molecule has 4 heteroatoms. The van der Waals surface area contributed by atoms with Crippen LogP contribution in [0, 0.1) is 0 Å². The molecular weight excluding hydrogens is 1110 g/mol. The Labute approximate surface area is 545 Å². The molecule has 0 radical (unpaired) electrons. The van der Waals surface area contributed by atoms with E-state index in [9.17, 15) is 0 Å². The van der Waals surface area contributed by atoms with Crippen LogP contribution in [0.5, 0.6) is 0 Å². The molecule has 13 aromatic rings. The molecule has 2 aliphatic rings. The van der Waals surface area contributed by atoms with Gasteiger partial charge in [0.2, 0.25) is 0 Å². The minimum absolute atomic E-state index is 0.163. The smallest absolute Gasteiger partial charge is 0.252 e. The first-order valence-corrected chi connectivity index (χ1v) is 32.9. The number of rotatable bonds is 8. The molecule has 3 nitrogen and oxygen atoms in total. The number of nitrogens with zero attached hydrogens (tertiary/aromatic N) is 3. The van der Waals surface area contributed by atoms with E-state index in [1.165, 1.54) is 139 Å². The summed E-state index contributed by atoms with van der Waals surface area (Å²) in [7, 11) is 0. The highest BCUT2D eigenvalue weighted by molar-refractivity contribution is 7.00. The van der Waals surface area contributed by atoms with Crippen LogP contribution >= 0.6 is 0 Å². The van der Waals surface area contributed by atoms with Gasteiger partial charge in [0.25, 0.3) is 6.71 Å². The highest BCUT2D eigenvalue weighted by Gasteiger charge is 2.47. The Hall–Kier alpha value is -9.90. The van der Waals surface area contributed by atoms with Crippen molar-refractivity contribution in [2.45, 2.75) is 105 Å². The molecule has 92 heavy (non-hydrogen) atoms. The molecular formula is C88H80BN3. The maximum atomic E-state index is 2.75. The van der Waals surface area contributed by atoms with Crippen molar-refractivity contribution in [1.82, 2.24) is 4.57 Å². The van der Waals surface area contributed by atoms with Gasteiger partial charge in [-0.1, -0.05) is 283 Å². The molecule has 12 aromatic carbocycles. The fourth-order valence-electron chi connectivity index (χ4n) is 14.7. The molecule has 0 bridgehead atoms. The van der Waals surface area contributed by atoms with Gasteiger partial charge in [-0.3, -0.25) is 0 Å². The Morgan fingerprint density at radius 2 is 0.609 bits per heavy atom. The number of hydrogen-bond donors (Lipinski definition) is 0. The number of fused-ring (bicyclic) bond motifs is 7. The van der Waals surface area contributed by atoms with Gasteiger partial charge in [-0.2, -0.15) is 0 Å². The number of hydrogen-bond acceptors (Lipinski definition) is 2. The number of benzene rings is 12. The Bertz CT molecular complexity index is 4820. The topological polar surface area (TPSA) is 11.4 Å². The summed E-state index contributed by atoms with van der Waals surface area (Å²) < 4.78 is 2.51. The molecule has 0 spiro atoms. The first-order chi connectivity index (χ1) is 44.2. The molecule has 0 atom stereocenters. The molecule has 0 N–H and O–H groups in total. The van der Waals surface area contributed by atoms with E-state index in [2.05, 4.69) is 364 Å². The van der Waals surface area contributed by atoms with Crippen LogP contribution in [0.1, 0.15) is 105 Å². The summed E-state index contributed by atoms with van der Waals surface area (Å²) in [6.45, 7) is 28.3. The predicted molar refractivity (Wildman–Crippen MR) is 397 cm³/mol. The third-order valence-corrected chi connectivity index (χ3v) is 19.5. The third kappa shape index (κ3) is 9.89. The lowest BCUT2D eigenvalue weighted by Crippen LogP contribution is -2.61. The van der Waals surface area contributed by atoms with E-state index >= 15 is 0 Å². The van der Waals surface area contributed by atoms with Gasteiger partial charge >= 0.3 is 0 Å². The van der Waals surface area contributed by atoms with Crippen molar-refractivity contribution in [1.29, 1.82) is 0 Å². The van der Waals surface area contributed by atoms with Crippen molar-refractivity contribution in [3.63, 3.8) is 0 Å². The summed E-state index contributed by atoms with van der Waals surface area (Å²) in [6, 6.07) is 102. The molecule has 0 aliphatic carbocycles. The largest absolute Gasteiger partial charge is 0.310 e. The van der Waals surface area contributed by atoms with E-state index in [0.717, 1.165) is 17.1 Å². The summed E-state index contributed by atoms with van der Waals surface area (Å²) in [5, 5.41) is 2.48. The Morgan fingerprint density at radius 3 is 0.978 bits per heavy atom. The normalized spacial score (nSPS) is 13.2. The van der Waals surface area contributed by atoms with Crippen molar-refractivity contribution >= 4 is 79.0 Å². The highest BCUT2D eigenvalue weighted by Crippen LogP contribution is 2.56. The maximum Gasteiger partial charge on any atom is 0.252 e. The lowest BCUT2D eigenvalue weighted by atomic mass is 9.33. The van der Waals surface area contributed by atoms with E-state index in [0.29, 0.717) is 0 Å². The van der Waals surface area contributed by atoms with E-state index in [-0.39, 0.29) is 28.4 Å². The lowest BCUT2D eigenvalue weighted by molar-refractivity contribution is 0.590. The summed E-state index contributed by atoms with van der Waals surface area (Å²) in [6.07, 6.45) is 0. The van der Waals surface area contributed by atoms with Crippen LogP contribution in [0.25, 0.3) is 83.1 Å². The van der Waals surface area contributed by atoms with Crippen LogP contribution in [0.15, 0.2) is 267 Å². The number of anilines is 6. The van der Waals surface area contributed by atoms with Crippen LogP contribution in [0.4, 0.5) is 34.1 Å². The molecule has 0 fully saturated rings. The van der Waals surface area contributed by atoms with Gasteiger partial charge in [-0.05, 0) is 160 Å². The molecule has 15 rings (SSSR count). The van der Waals surface area contributed by atoms with Gasteiger partial charge in [0.15, 0.2) is 0 Å². The molecule has 0 amide bonds. The zero-order valence-electron chi connectivity index (χ0n) is 55.3. The van der Waals surface area contributed by atoms with Gasteiger partial charge in [0.1, 0.15) is 0 Å². The quantitative estimate of drug-likeness (QED) is 0.141. The van der Waals surface area contributed by atoms with Crippen LogP contribution in [0.2, 0.25) is 0 Å². The molecule has 0 unspecified atom stereocenters. The van der Waals surface area contributed by atoms with Crippen molar-refractivity contribution < 1.29 is 0 Å². The van der Waals surface area contributed by atoms with E-state index in [4.69, 9.17) is 0 Å². The van der Waals surface area contributed by atoms with E-state index < -0.39 is 0 Å². The first-order valence-electron chi connectivity index (χ1n) is 32.9. The number of para-hydroxylation sites is 2. The molecule has 0 saturated carbocycles. The van der Waals surface area contributed by atoms with Crippen molar-refractivity contribution in [2.75, 3.05) is 9.80 Å². The molecule has 2 aliphatic heterocycles. The monoisotopic (exact) mass is 1190 g/mol. The summed E-state index contributed by atoms with van der Waals surface area (Å²) in [5.41, 5.74) is 30.5. The van der Waals surface area contributed by atoms with Gasteiger partial charge in [-0.25, -0.2) is 0 Å². The average Bonchev–Trinajstić information content (AvgIpc) is 0.762. The number of aromatic nitrogens is 1. The fourth-order valence-corrected chi connectivity index (χ4v) is 14.7. The van der Waals surface area contributed by atoms with Crippen molar-refractivity contribution in [3.05, 3.63) is 289 Å². The minimum atomic E-state index is -0.293. The minimum Gasteiger partial charge on any atom is -0.310 e. The SMILES string of the molecule is CC(C)(C)c1cc(-c2ccccc2)c(N2c3cc(-n4c5ccccc5c5ccccc54)ccc3B3c4cc(-c5ccccc5)c(C(C)(C)C)cc4N(c4c(-c5ccccc5)cc(C(C)(C)C)cc4-c4ccccc4)c4cc(C(C)(C)C)cc2c43)c(-c2ccccc2)c1. The van der Waals surface area contributed by atoms with Gasteiger partial charge < -0.3 is 14.4 Å². The van der Waals surface area contributed by atoms with Crippen molar-refractivity contribution in [3.8, 4) is 61.3 Å². The second-order valence-electron chi connectivity index (χ2n) is 29.8. The summed E-state index contributed by atoms with van der Waals surface area (Å²) in [5.74, 6) is 0. The zero-order valence-corrected chi connectivity index (χ0v) is 55.3. The Balaban J connectivity index is 1.17. The molecule has 1 aromatic heterocycles. The molecule has 0 saturated heterocycles. The molecule has 450 valence electrons. The van der Waals surface area contributed by atoms with Crippen molar-refractivity contribution in [2.24, 2.45) is 0 Å². The van der Waals surface area contributed by atoms with E-state index in [1.54, 1.807) is 0 Å². The summed E-state index contributed by atoms with van der Waals surface area (Å²) in [4.78, 5) is 5.48. The van der Waals surface area contributed by atoms with Crippen LogP contribution in [-0.2, 0) is 21.7 Å². The summed E-state index contributed by atoms with van der Waals surface area (Å²) >= 11 is 0. The standard InChI is InChI=1S/C88H80BN3/c1-85(2,3)62-48-69(58-34-20-14-21-35-58)83(70(49-62)59-36-22-15-23-37-59)91-78-54-65(90-76-44-30-28-42-66(76)67-43-29-31-45-77(67)90)46-47-74(78)89-75-55-68(57-32-18-13-19-33-57)73(88(10,11)12)56-79(75)92(81-53-64(87(7,8)9)52-80(91)82(81)89)84-71(60-38-24-16-25-39-60)50-63(86(4,5)6)51-72(84)61-40-26-17-27-41-61/h13-56H,1-12H3. The third-order valence-electron chi connectivity index (χ3n) is 19.5. The average molecular weight is 1190 g/mol.